The average molecular weight is 405 g/mol. The van der Waals surface area contributed by atoms with E-state index in [9.17, 15) is 4.79 Å². The molecule has 30 heavy (non-hydrogen) atoms. The molecule has 2 heterocycles. The van der Waals surface area contributed by atoms with Crippen LogP contribution in [0.3, 0.4) is 0 Å². The third-order valence-corrected chi connectivity index (χ3v) is 5.40. The molecular weight excluding hydrogens is 376 g/mol. The largest absolute Gasteiger partial charge is 0.385 e. The molecule has 1 aliphatic rings. The molecule has 4 rings (SSSR count). The van der Waals surface area contributed by atoms with Gasteiger partial charge in [0.15, 0.2) is 0 Å². The fourth-order valence-corrected chi connectivity index (χ4v) is 3.83. The summed E-state index contributed by atoms with van der Waals surface area (Å²) in [6.07, 6.45) is 2.21. The Morgan fingerprint density at radius 2 is 1.83 bits per heavy atom. The number of nitrogen functional groups attached to an aromatic ring is 1. The van der Waals surface area contributed by atoms with E-state index in [1.165, 1.54) is 11.1 Å². The fraction of sp³-hybridized carbons (Fsp3) is 0.348. The summed E-state index contributed by atoms with van der Waals surface area (Å²) >= 11 is 0. The van der Waals surface area contributed by atoms with Gasteiger partial charge in [0.25, 0.3) is 5.91 Å². The van der Waals surface area contributed by atoms with E-state index in [1.807, 2.05) is 35.2 Å². The van der Waals surface area contributed by atoms with Crippen molar-refractivity contribution in [3.63, 3.8) is 0 Å². The number of aromatic nitrogens is 2. The maximum Gasteiger partial charge on any atom is 0.273 e. The first-order chi connectivity index (χ1) is 14.5. The summed E-state index contributed by atoms with van der Waals surface area (Å²) in [7, 11) is 4.17. The highest BCUT2D eigenvalue weighted by atomic mass is 16.2. The first kappa shape index (κ1) is 20.1. The number of hydrogen-bond acceptors (Lipinski definition) is 6. The molecule has 0 bridgehead atoms. The number of benzene rings is 2. The lowest BCUT2D eigenvalue weighted by Gasteiger charge is -2.17. The highest BCUT2D eigenvalue weighted by molar-refractivity contribution is 6.05. The van der Waals surface area contributed by atoms with Crippen molar-refractivity contribution >= 4 is 28.4 Å². The fourth-order valence-electron chi connectivity index (χ4n) is 3.83. The lowest BCUT2D eigenvalue weighted by atomic mass is 10.1. The van der Waals surface area contributed by atoms with E-state index in [0.29, 0.717) is 24.3 Å². The van der Waals surface area contributed by atoms with Gasteiger partial charge in [0.2, 0.25) is 5.95 Å². The minimum atomic E-state index is -0.117. The van der Waals surface area contributed by atoms with E-state index in [4.69, 9.17) is 5.73 Å². The summed E-state index contributed by atoms with van der Waals surface area (Å²) < 4.78 is 0. The van der Waals surface area contributed by atoms with E-state index in [1.54, 1.807) is 0 Å². The van der Waals surface area contributed by atoms with E-state index in [2.05, 4.69) is 46.4 Å². The monoisotopic (exact) mass is 404 g/mol. The first-order valence-electron chi connectivity index (χ1n) is 10.3. The van der Waals surface area contributed by atoms with Gasteiger partial charge in [-0.05, 0) is 62.8 Å². The Kier molecular flexibility index (Phi) is 5.81. The van der Waals surface area contributed by atoms with Crippen molar-refractivity contribution < 1.29 is 4.79 Å². The average Bonchev–Trinajstić information content (AvgIpc) is 3.16. The number of amides is 1. The van der Waals surface area contributed by atoms with Crippen molar-refractivity contribution in [2.45, 2.75) is 25.9 Å². The second-order valence-corrected chi connectivity index (χ2v) is 8.03. The van der Waals surface area contributed by atoms with Gasteiger partial charge in [-0.15, -0.1) is 0 Å². The van der Waals surface area contributed by atoms with Crippen LogP contribution in [0.15, 0.2) is 42.5 Å². The molecule has 156 valence electrons. The summed E-state index contributed by atoms with van der Waals surface area (Å²) in [5.74, 6) is 0.000360. The van der Waals surface area contributed by atoms with Gasteiger partial charge in [0.05, 0.1) is 5.52 Å². The van der Waals surface area contributed by atoms with Crippen LogP contribution in [0.5, 0.6) is 0 Å². The molecule has 1 amide bonds. The summed E-state index contributed by atoms with van der Waals surface area (Å²) in [6.45, 7) is 3.12. The van der Waals surface area contributed by atoms with Crippen LogP contribution in [-0.2, 0) is 13.1 Å². The molecule has 7 heteroatoms. The lowest BCUT2D eigenvalue weighted by molar-refractivity contribution is 0.0747. The van der Waals surface area contributed by atoms with E-state index in [-0.39, 0.29) is 11.9 Å². The molecule has 3 aromatic rings. The number of nitrogens with zero attached hydrogens (tertiary/aromatic N) is 4. The Labute approximate surface area is 176 Å². The normalized spacial score (nSPS) is 13.1. The molecular formula is C23H28N6O. The van der Waals surface area contributed by atoms with Crippen molar-refractivity contribution in [1.29, 1.82) is 0 Å². The highest BCUT2D eigenvalue weighted by Crippen LogP contribution is 2.27. The Balaban J connectivity index is 1.54. The zero-order valence-electron chi connectivity index (χ0n) is 17.6. The van der Waals surface area contributed by atoms with Crippen LogP contribution < -0.4 is 11.1 Å². The molecule has 0 atom stereocenters. The van der Waals surface area contributed by atoms with Crippen molar-refractivity contribution in [3.8, 4) is 0 Å². The Morgan fingerprint density at radius 1 is 1.10 bits per heavy atom. The molecule has 7 nitrogen and oxygen atoms in total. The molecule has 3 N–H and O–H groups in total. The van der Waals surface area contributed by atoms with Crippen LogP contribution in [-0.4, -0.2) is 52.9 Å². The summed E-state index contributed by atoms with van der Waals surface area (Å²) in [6, 6.07) is 14.0. The number of hydrogen-bond donors (Lipinski definition) is 2. The van der Waals surface area contributed by atoms with E-state index in [0.717, 1.165) is 37.0 Å². The topological polar surface area (TPSA) is 87.4 Å². The molecule has 0 radical (unpaired) electrons. The molecule has 2 aromatic carbocycles. The van der Waals surface area contributed by atoms with Gasteiger partial charge in [-0.1, -0.05) is 24.3 Å². The van der Waals surface area contributed by atoms with Gasteiger partial charge in [0, 0.05) is 30.7 Å². The predicted molar refractivity (Wildman–Crippen MR) is 120 cm³/mol. The SMILES string of the molecule is CN(C)CCCCNc1ccc2nc(N)nc(C(=O)N3Cc4ccccc4C3)c2c1. The summed E-state index contributed by atoms with van der Waals surface area (Å²) in [5, 5.41) is 4.17. The minimum Gasteiger partial charge on any atom is -0.385 e. The van der Waals surface area contributed by atoms with Gasteiger partial charge in [-0.25, -0.2) is 9.97 Å². The van der Waals surface area contributed by atoms with Crippen LogP contribution in [0.2, 0.25) is 0 Å². The van der Waals surface area contributed by atoms with Crippen LogP contribution >= 0.6 is 0 Å². The van der Waals surface area contributed by atoms with Gasteiger partial charge >= 0.3 is 0 Å². The summed E-state index contributed by atoms with van der Waals surface area (Å²) in [4.78, 5) is 25.9. The smallest absolute Gasteiger partial charge is 0.273 e. The third-order valence-electron chi connectivity index (χ3n) is 5.40. The molecule has 0 unspecified atom stereocenters. The highest BCUT2D eigenvalue weighted by Gasteiger charge is 2.26. The molecule has 0 saturated heterocycles. The predicted octanol–water partition coefficient (Wildman–Crippen LogP) is 3.12. The molecule has 1 aliphatic heterocycles. The summed E-state index contributed by atoms with van der Waals surface area (Å²) in [5.41, 5.74) is 10.3. The maximum absolute atomic E-state index is 13.3. The van der Waals surface area contributed by atoms with Crippen molar-refractivity contribution in [1.82, 2.24) is 19.8 Å². The van der Waals surface area contributed by atoms with Crippen LogP contribution in [0, 0.1) is 0 Å². The Morgan fingerprint density at radius 3 is 2.53 bits per heavy atom. The van der Waals surface area contributed by atoms with E-state index < -0.39 is 0 Å². The zero-order chi connectivity index (χ0) is 21.1. The number of nitrogens with two attached hydrogens (primary N) is 1. The van der Waals surface area contributed by atoms with Crippen molar-refractivity contribution in [2.75, 3.05) is 38.2 Å². The molecule has 1 aromatic heterocycles. The standard InChI is InChI=1S/C23H28N6O/c1-28(2)12-6-5-11-25-18-9-10-20-19(13-18)21(27-23(24)26-20)22(30)29-14-16-7-3-4-8-17(16)15-29/h3-4,7-10,13,25H,5-6,11-12,14-15H2,1-2H3,(H2,24,26,27). The van der Waals surface area contributed by atoms with Gasteiger partial charge in [-0.2, -0.15) is 0 Å². The first-order valence-corrected chi connectivity index (χ1v) is 10.3. The molecule has 0 saturated carbocycles. The number of carbonyl (C=O) groups is 1. The van der Waals surface area contributed by atoms with Gasteiger partial charge < -0.3 is 20.9 Å². The third kappa shape index (κ3) is 4.36. The van der Waals surface area contributed by atoms with E-state index >= 15 is 0 Å². The lowest BCUT2D eigenvalue weighted by Crippen LogP contribution is -2.27. The minimum absolute atomic E-state index is 0.117. The number of unbranched alkanes of at least 4 members (excludes halogenated alkanes) is 1. The number of carbonyl (C=O) groups excluding carboxylic acids is 1. The quantitative estimate of drug-likeness (QED) is 0.589. The van der Waals surface area contributed by atoms with Crippen LogP contribution in [0.25, 0.3) is 10.9 Å². The molecule has 0 aliphatic carbocycles. The Bertz CT molecular complexity index is 1040. The van der Waals surface area contributed by atoms with Crippen molar-refractivity contribution in [2.24, 2.45) is 0 Å². The van der Waals surface area contributed by atoms with Crippen LogP contribution in [0.1, 0.15) is 34.5 Å². The zero-order valence-corrected chi connectivity index (χ0v) is 17.6. The van der Waals surface area contributed by atoms with Gasteiger partial charge in [0.1, 0.15) is 5.69 Å². The molecule has 0 fully saturated rings. The van der Waals surface area contributed by atoms with Crippen LogP contribution in [0.4, 0.5) is 11.6 Å². The number of anilines is 2. The number of nitrogens with one attached hydrogen (secondary N) is 1. The number of fused-ring (bicyclic) bond motifs is 2. The molecule has 0 spiro atoms. The Hall–Kier alpha value is -3.19. The second kappa shape index (κ2) is 8.67. The maximum atomic E-state index is 13.3. The van der Waals surface area contributed by atoms with Crippen molar-refractivity contribution in [3.05, 3.63) is 59.3 Å². The second-order valence-electron chi connectivity index (χ2n) is 8.03. The number of rotatable bonds is 7. The van der Waals surface area contributed by atoms with Gasteiger partial charge in [-0.3, -0.25) is 4.79 Å².